The Morgan fingerprint density at radius 3 is 2.63 bits per heavy atom. The number of carbonyl (C=O) groups is 3. The predicted molar refractivity (Wildman–Crippen MR) is 112 cm³/mol. The van der Waals surface area contributed by atoms with Crippen molar-refractivity contribution in [2.24, 2.45) is 5.10 Å². The summed E-state index contributed by atoms with van der Waals surface area (Å²) < 4.78 is 24.2. The van der Waals surface area contributed by atoms with Crippen LogP contribution in [0.2, 0.25) is 0 Å². The number of para-hydroxylation sites is 1. The van der Waals surface area contributed by atoms with Crippen LogP contribution in [-0.4, -0.2) is 37.2 Å². The molecule has 0 aromatic heterocycles. The maximum absolute atomic E-state index is 13.5. The predicted octanol–water partition coefficient (Wildman–Crippen LogP) is 3.01. The maximum Gasteiger partial charge on any atom is 0.344 e. The van der Waals surface area contributed by atoms with Crippen LogP contribution in [0.4, 0.5) is 10.1 Å². The molecule has 0 aliphatic heterocycles. The van der Waals surface area contributed by atoms with Crippen molar-refractivity contribution in [3.8, 4) is 5.75 Å². The first kappa shape index (κ1) is 23.0. The first-order valence-electron chi connectivity index (χ1n) is 8.83. The van der Waals surface area contributed by atoms with Crippen LogP contribution in [0.25, 0.3) is 0 Å². The quantitative estimate of drug-likeness (QED) is 0.249. The summed E-state index contributed by atoms with van der Waals surface area (Å²) in [6, 6.07) is 10.6. The van der Waals surface area contributed by atoms with Gasteiger partial charge in [-0.15, -0.1) is 0 Å². The van der Waals surface area contributed by atoms with Crippen LogP contribution in [0.15, 0.2) is 52.0 Å². The molecule has 30 heavy (non-hydrogen) atoms. The molecule has 0 saturated carbocycles. The van der Waals surface area contributed by atoms with Crippen molar-refractivity contribution in [2.75, 3.05) is 18.5 Å². The number of anilines is 1. The summed E-state index contributed by atoms with van der Waals surface area (Å²) >= 11 is 3.32. The Labute approximate surface area is 180 Å². The molecular formula is C20H19BrFN3O5. The molecule has 0 aliphatic rings. The molecule has 0 fully saturated rings. The molecule has 158 valence electrons. The van der Waals surface area contributed by atoms with E-state index in [2.05, 4.69) is 31.8 Å². The van der Waals surface area contributed by atoms with E-state index in [1.807, 2.05) is 0 Å². The summed E-state index contributed by atoms with van der Waals surface area (Å²) in [5.74, 6) is -1.96. The third kappa shape index (κ3) is 7.63. The van der Waals surface area contributed by atoms with Crippen molar-refractivity contribution in [1.29, 1.82) is 0 Å². The van der Waals surface area contributed by atoms with Gasteiger partial charge in [0, 0.05) is 0 Å². The minimum atomic E-state index is -0.668. The lowest BCUT2D eigenvalue weighted by atomic mass is 10.2. The molecule has 0 spiro atoms. The Morgan fingerprint density at radius 1 is 1.17 bits per heavy atom. The molecule has 2 rings (SSSR count). The van der Waals surface area contributed by atoms with Crippen molar-refractivity contribution in [3.63, 3.8) is 0 Å². The fourth-order valence-electron chi connectivity index (χ4n) is 2.17. The Kier molecular flexibility index (Phi) is 8.95. The molecule has 0 unspecified atom stereocenters. The number of halogens is 2. The standard InChI is InChI=1S/C20H19BrFN3O5/c1-2-29-20(28)12-30-17-8-7-13(9-14(17)21)11-23-25-19(27)10-18(26)24-16-6-4-3-5-15(16)22/h3-9,11H,2,10,12H2,1H3,(H,24,26)(H,25,27). The number of nitrogens with zero attached hydrogens (tertiary/aromatic N) is 1. The van der Waals surface area contributed by atoms with Crippen molar-refractivity contribution < 1.29 is 28.2 Å². The summed E-state index contributed by atoms with van der Waals surface area (Å²) in [5, 5.41) is 6.09. The second-order valence-electron chi connectivity index (χ2n) is 5.78. The van der Waals surface area contributed by atoms with E-state index in [9.17, 15) is 18.8 Å². The van der Waals surface area contributed by atoms with E-state index in [1.54, 1.807) is 31.2 Å². The van der Waals surface area contributed by atoms with Gasteiger partial charge in [-0.3, -0.25) is 9.59 Å². The first-order chi connectivity index (χ1) is 14.4. The summed E-state index contributed by atoms with van der Waals surface area (Å²) in [6.45, 7) is 1.76. The highest BCUT2D eigenvalue weighted by atomic mass is 79.9. The van der Waals surface area contributed by atoms with Crippen molar-refractivity contribution in [2.45, 2.75) is 13.3 Å². The number of esters is 1. The average molecular weight is 480 g/mol. The number of rotatable bonds is 9. The van der Waals surface area contributed by atoms with Crippen molar-refractivity contribution >= 4 is 45.6 Å². The summed E-state index contributed by atoms with van der Waals surface area (Å²) in [4.78, 5) is 34.9. The Bertz CT molecular complexity index is 952. The van der Waals surface area contributed by atoms with Crippen LogP contribution in [-0.2, 0) is 19.1 Å². The minimum Gasteiger partial charge on any atom is -0.481 e. The van der Waals surface area contributed by atoms with Gasteiger partial charge < -0.3 is 14.8 Å². The van der Waals surface area contributed by atoms with Gasteiger partial charge >= 0.3 is 5.97 Å². The summed E-state index contributed by atoms with van der Waals surface area (Å²) in [5.41, 5.74) is 2.84. The van der Waals surface area contributed by atoms with Gasteiger partial charge in [0.15, 0.2) is 6.61 Å². The zero-order valence-corrected chi connectivity index (χ0v) is 17.6. The molecule has 0 atom stereocenters. The fraction of sp³-hybridized carbons (Fsp3) is 0.200. The Morgan fingerprint density at radius 2 is 1.93 bits per heavy atom. The van der Waals surface area contributed by atoms with E-state index < -0.39 is 30.0 Å². The number of amides is 2. The van der Waals surface area contributed by atoms with Gasteiger partial charge in [-0.25, -0.2) is 14.6 Å². The van der Waals surface area contributed by atoms with Gasteiger partial charge in [-0.1, -0.05) is 12.1 Å². The molecule has 0 aliphatic carbocycles. The molecule has 0 radical (unpaired) electrons. The highest BCUT2D eigenvalue weighted by Gasteiger charge is 2.11. The topological polar surface area (TPSA) is 106 Å². The lowest BCUT2D eigenvalue weighted by molar-refractivity contribution is -0.145. The van der Waals surface area contributed by atoms with Crippen LogP contribution in [0.1, 0.15) is 18.9 Å². The van der Waals surface area contributed by atoms with Gasteiger partial charge in [-0.2, -0.15) is 5.10 Å². The molecule has 2 aromatic rings. The third-order valence-corrected chi connectivity index (χ3v) is 4.10. The van der Waals surface area contributed by atoms with Gasteiger partial charge in [0.05, 0.1) is 23.0 Å². The lowest BCUT2D eigenvalue weighted by Gasteiger charge is -2.08. The number of hydrogen-bond donors (Lipinski definition) is 2. The number of hydrazone groups is 1. The van der Waals surface area contributed by atoms with Crippen LogP contribution in [0, 0.1) is 5.82 Å². The maximum atomic E-state index is 13.5. The second-order valence-corrected chi connectivity index (χ2v) is 6.64. The normalized spacial score (nSPS) is 10.5. The van der Waals surface area contributed by atoms with E-state index in [-0.39, 0.29) is 18.9 Å². The van der Waals surface area contributed by atoms with Crippen LogP contribution < -0.4 is 15.5 Å². The molecule has 8 nitrogen and oxygen atoms in total. The third-order valence-electron chi connectivity index (χ3n) is 3.48. The molecule has 0 bridgehead atoms. The fourth-order valence-corrected chi connectivity index (χ4v) is 2.69. The number of benzene rings is 2. The zero-order chi connectivity index (χ0) is 21.9. The van der Waals surface area contributed by atoms with Gasteiger partial charge in [0.2, 0.25) is 11.8 Å². The van der Waals surface area contributed by atoms with Crippen LogP contribution >= 0.6 is 15.9 Å². The molecule has 2 amide bonds. The van der Waals surface area contributed by atoms with Gasteiger partial charge in [0.1, 0.15) is 18.0 Å². The van der Waals surface area contributed by atoms with Crippen molar-refractivity contribution in [3.05, 3.63) is 58.3 Å². The summed E-state index contributed by atoms with van der Waals surface area (Å²) in [7, 11) is 0. The van der Waals surface area contributed by atoms with E-state index >= 15 is 0 Å². The minimum absolute atomic E-state index is 0.00563. The van der Waals surface area contributed by atoms with E-state index in [0.29, 0.717) is 15.8 Å². The highest BCUT2D eigenvalue weighted by Crippen LogP contribution is 2.25. The average Bonchev–Trinajstić information content (AvgIpc) is 2.69. The summed E-state index contributed by atoms with van der Waals surface area (Å²) in [6.07, 6.45) is 0.850. The molecule has 0 heterocycles. The van der Waals surface area contributed by atoms with E-state index in [1.165, 1.54) is 24.4 Å². The molecular weight excluding hydrogens is 461 g/mol. The van der Waals surface area contributed by atoms with Crippen molar-refractivity contribution in [1.82, 2.24) is 5.43 Å². The van der Waals surface area contributed by atoms with E-state index in [0.717, 1.165) is 0 Å². The molecule has 2 aromatic carbocycles. The molecule has 10 heteroatoms. The smallest absolute Gasteiger partial charge is 0.344 e. The van der Waals surface area contributed by atoms with Crippen LogP contribution in [0.5, 0.6) is 5.75 Å². The first-order valence-corrected chi connectivity index (χ1v) is 9.62. The second kappa shape index (κ2) is 11.7. The van der Waals surface area contributed by atoms with Gasteiger partial charge in [-0.05, 0) is 58.7 Å². The van der Waals surface area contributed by atoms with Crippen LogP contribution in [0.3, 0.4) is 0 Å². The molecule has 2 N–H and O–H groups in total. The number of carbonyl (C=O) groups excluding carboxylic acids is 3. The monoisotopic (exact) mass is 479 g/mol. The number of ether oxygens (including phenoxy) is 2. The number of hydrogen-bond acceptors (Lipinski definition) is 6. The van der Waals surface area contributed by atoms with E-state index in [4.69, 9.17) is 9.47 Å². The largest absolute Gasteiger partial charge is 0.481 e. The Balaban J connectivity index is 1.82. The van der Waals surface area contributed by atoms with Gasteiger partial charge in [0.25, 0.3) is 0 Å². The molecule has 0 saturated heterocycles. The lowest BCUT2D eigenvalue weighted by Crippen LogP contribution is -2.24. The SMILES string of the molecule is CCOC(=O)COc1ccc(C=NNC(=O)CC(=O)Nc2ccccc2F)cc1Br. The zero-order valence-electron chi connectivity index (χ0n) is 16.0. The number of nitrogens with one attached hydrogen (secondary N) is 2. The Hall–Kier alpha value is -3.27. The highest BCUT2D eigenvalue weighted by molar-refractivity contribution is 9.10.